The summed E-state index contributed by atoms with van der Waals surface area (Å²) in [5.41, 5.74) is 1.86. The molecule has 1 aliphatic rings. The first-order valence-corrected chi connectivity index (χ1v) is 5.67. The summed E-state index contributed by atoms with van der Waals surface area (Å²) in [6.45, 7) is 3.97. The largest absolute Gasteiger partial charge is 0.336 e. The van der Waals surface area contributed by atoms with Gasteiger partial charge in [-0.15, -0.1) is 0 Å². The van der Waals surface area contributed by atoms with E-state index in [1.165, 1.54) is 12.3 Å². The van der Waals surface area contributed by atoms with Gasteiger partial charge in [0.2, 0.25) is 6.41 Å². The van der Waals surface area contributed by atoms with E-state index in [1.807, 2.05) is 19.9 Å². The molecule has 1 aromatic heterocycles. The normalized spacial score (nSPS) is 24.4. The predicted octanol–water partition coefficient (Wildman–Crippen LogP) is 2.24. The third kappa shape index (κ3) is 2.35. The van der Waals surface area contributed by atoms with Crippen molar-refractivity contribution in [3.8, 4) is 0 Å². The molecule has 0 spiro atoms. The second-order valence-electron chi connectivity index (χ2n) is 4.40. The first-order chi connectivity index (χ1) is 8.11. The lowest BCUT2D eigenvalue weighted by Gasteiger charge is -2.34. The van der Waals surface area contributed by atoms with E-state index in [2.05, 4.69) is 4.98 Å². The van der Waals surface area contributed by atoms with Crippen LogP contribution < -0.4 is 0 Å². The summed E-state index contributed by atoms with van der Waals surface area (Å²) in [5, 5.41) is 0. The number of carbonyl (C=O) groups excluding carboxylic acids is 1. The van der Waals surface area contributed by atoms with Crippen molar-refractivity contribution < 1.29 is 9.18 Å². The quantitative estimate of drug-likeness (QED) is 0.735. The molecule has 1 amide bonds. The van der Waals surface area contributed by atoms with Gasteiger partial charge in [0.05, 0.1) is 11.9 Å². The molecule has 1 aromatic rings. The Morgan fingerprint density at radius 1 is 1.47 bits per heavy atom. The average Bonchev–Trinajstić information content (AvgIpc) is 2.29. The highest BCUT2D eigenvalue weighted by Gasteiger charge is 2.24. The molecule has 0 saturated heterocycles. The Labute approximate surface area is 100.0 Å². The van der Waals surface area contributed by atoms with Crippen LogP contribution in [0.15, 0.2) is 24.4 Å². The molecular weight excluding hydrogens is 219 g/mol. The van der Waals surface area contributed by atoms with Crippen molar-refractivity contribution in [2.75, 3.05) is 0 Å². The Kier molecular flexibility index (Phi) is 3.22. The highest BCUT2D eigenvalue weighted by Crippen LogP contribution is 2.27. The zero-order valence-electron chi connectivity index (χ0n) is 9.93. The maximum atomic E-state index is 12.8. The summed E-state index contributed by atoms with van der Waals surface area (Å²) in [5.74, 6) is -0.333. The molecule has 2 rings (SSSR count). The van der Waals surface area contributed by atoms with Gasteiger partial charge in [0, 0.05) is 12.1 Å². The smallest absolute Gasteiger partial charge is 0.210 e. The first-order valence-electron chi connectivity index (χ1n) is 5.67. The van der Waals surface area contributed by atoms with Crippen molar-refractivity contribution in [2.45, 2.75) is 32.4 Å². The second-order valence-corrected chi connectivity index (χ2v) is 4.40. The van der Waals surface area contributed by atoms with E-state index < -0.39 is 0 Å². The molecule has 0 radical (unpaired) electrons. The number of rotatable bonds is 2. The first kappa shape index (κ1) is 11.8. The van der Waals surface area contributed by atoms with Gasteiger partial charge in [-0.1, -0.05) is 6.08 Å². The van der Waals surface area contributed by atoms with E-state index >= 15 is 0 Å². The molecule has 0 N–H and O–H groups in total. The fourth-order valence-electron chi connectivity index (χ4n) is 2.23. The second kappa shape index (κ2) is 4.65. The van der Waals surface area contributed by atoms with Crippen LogP contribution in [-0.2, 0) is 4.79 Å². The van der Waals surface area contributed by atoms with Gasteiger partial charge in [0.1, 0.15) is 5.82 Å². The Balaban J connectivity index is 2.28. The molecular formula is C13H15FN2O. The molecule has 17 heavy (non-hydrogen) atoms. The van der Waals surface area contributed by atoms with Crippen LogP contribution in [0.2, 0.25) is 0 Å². The fraction of sp³-hybridized carbons (Fsp3) is 0.385. The number of amides is 1. The number of pyridine rings is 1. The summed E-state index contributed by atoms with van der Waals surface area (Å²) in [6, 6.07) is 3.29. The molecule has 3 nitrogen and oxygen atoms in total. The number of aromatic nitrogens is 1. The lowest BCUT2D eigenvalue weighted by Crippen LogP contribution is -2.41. The molecule has 0 aliphatic carbocycles. The summed E-state index contributed by atoms with van der Waals surface area (Å²) in [6.07, 6.45) is 4.86. The van der Waals surface area contributed by atoms with Crippen molar-refractivity contribution in [2.24, 2.45) is 0 Å². The maximum Gasteiger partial charge on any atom is 0.210 e. The molecule has 2 heterocycles. The number of hydrogen-bond donors (Lipinski definition) is 0. The zero-order valence-corrected chi connectivity index (χ0v) is 9.93. The third-order valence-corrected chi connectivity index (χ3v) is 3.12. The van der Waals surface area contributed by atoms with Crippen LogP contribution in [0.1, 0.15) is 26.0 Å². The maximum absolute atomic E-state index is 12.8. The Bertz CT molecular complexity index is 441. The number of nitrogens with zero attached hydrogens (tertiary/aromatic N) is 2. The molecule has 0 saturated carbocycles. The Morgan fingerprint density at radius 3 is 2.76 bits per heavy atom. The van der Waals surface area contributed by atoms with Crippen LogP contribution in [0.3, 0.4) is 0 Å². The summed E-state index contributed by atoms with van der Waals surface area (Å²) >= 11 is 0. The van der Waals surface area contributed by atoms with Crippen LogP contribution in [0.5, 0.6) is 0 Å². The van der Waals surface area contributed by atoms with E-state index in [0.29, 0.717) is 0 Å². The van der Waals surface area contributed by atoms with Crippen LogP contribution in [0.25, 0.3) is 5.57 Å². The van der Waals surface area contributed by atoms with Crippen molar-refractivity contribution >= 4 is 12.0 Å². The lowest BCUT2D eigenvalue weighted by molar-refractivity contribution is -0.121. The molecule has 0 aromatic carbocycles. The average molecular weight is 234 g/mol. The van der Waals surface area contributed by atoms with Gasteiger partial charge in [-0.2, -0.15) is 0 Å². The standard InChI is InChI=1S/C13H15FN2O/c1-9-5-11(6-10(2)16(9)8-17)13-4-3-12(14)7-15-13/h3-5,7-10H,6H2,1-2H3/t9-,10-/m0/s1. The number of hydrogen-bond acceptors (Lipinski definition) is 2. The fourth-order valence-corrected chi connectivity index (χ4v) is 2.23. The topological polar surface area (TPSA) is 33.2 Å². The van der Waals surface area contributed by atoms with Gasteiger partial charge < -0.3 is 4.90 Å². The number of carbonyl (C=O) groups is 1. The summed E-state index contributed by atoms with van der Waals surface area (Å²) in [4.78, 5) is 16.7. The van der Waals surface area contributed by atoms with Gasteiger partial charge >= 0.3 is 0 Å². The van der Waals surface area contributed by atoms with E-state index in [0.717, 1.165) is 24.1 Å². The van der Waals surface area contributed by atoms with E-state index in [-0.39, 0.29) is 17.9 Å². The molecule has 90 valence electrons. The van der Waals surface area contributed by atoms with E-state index in [9.17, 15) is 9.18 Å². The zero-order chi connectivity index (χ0) is 12.4. The Hall–Kier alpha value is -1.71. The molecule has 0 bridgehead atoms. The molecule has 4 heteroatoms. The van der Waals surface area contributed by atoms with Crippen LogP contribution in [0, 0.1) is 5.82 Å². The highest BCUT2D eigenvalue weighted by molar-refractivity contribution is 5.66. The van der Waals surface area contributed by atoms with Gasteiger partial charge in [-0.3, -0.25) is 9.78 Å². The summed E-state index contributed by atoms with van der Waals surface area (Å²) in [7, 11) is 0. The van der Waals surface area contributed by atoms with Crippen molar-refractivity contribution in [3.63, 3.8) is 0 Å². The van der Waals surface area contributed by atoms with Crippen molar-refractivity contribution in [1.82, 2.24) is 9.88 Å². The van der Waals surface area contributed by atoms with Crippen LogP contribution in [0.4, 0.5) is 4.39 Å². The minimum Gasteiger partial charge on any atom is -0.336 e. The van der Waals surface area contributed by atoms with Crippen molar-refractivity contribution in [1.29, 1.82) is 0 Å². The van der Waals surface area contributed by atoms with Crippen LogP contribution >= 0.6 is 0 Å². The lowest BCUT2D eigenvalue weighted by atomic mass is 9.95. The molecule has 2 atom stereocenters. The molecule has 0 fully saturated rings. The minimum atomic E-state index is -0.333. The van der Waals surface area contributed by atoms with Gasteiger partial charge in [0.15, 0.2) is 0 Å². The van der Waals surface area contributed by atoms with E-state index in [4.69, 9.17) is 0 Å². The minimum absolute atomic E-state index is 0.0538. The van der Waals surface area contributed by atoms with Crippen LogP contribution in [-0.4, -0.2) is 28.4 Å². The number of halogens is 1. The van der Waals surface area contributed by atoms with Gasteiger partial charge in [-0.05, 0) is 38.0 Å². The summed E-state index contributed by atoms with van der Waals surface area (Å²) < 4.78 is 12.8. The monoisotopic (exact) mass is 234 g/mol. The third-order valence-electron chi connectivity index (χ3n) is 3.12. The molecule has 1 aliphatic heterocycles. The van der Waals surface area contributed by atoms with E-state index in [1.54, 1.807) is 11.0 Å². The Morgan fingerprint density at radius 2 is 2.24 bits per heavy atom. The van der Waals surface area contributed by atoms with Gasteiger partial charge in [0.25, 0.3) is 0 Å². The highest BCUT2D eigenvalue weighted by atomic mass is 19.1. The molecule has 0 unspecified atom stereocenters. The van der Waals surface area contributed by atoms with Gasteiger partial charge in [-0.25, -0.2) is 4.39 Å². The van der Waals surface area contributed by atoms with Crippen molar-refractivity contribution in [3.05, 3.63) is 35.9 Å². The predicted molar refractivity (Wildman–Crippen MR) is 63.6 cm³/mol. The SMILES string of the molecule is C[C@H]1C=C(c2ccc(F)cn2)C[C@H](C)N1C=O.